The van der Waals surface area contributed by atoms with Crippen molar-refractivity contribution in [1.82, 2.24) is 20.2 Å². The number of aromatic nitrogens is 1. The van der Waals surface area contributed by atoms with E-state index in [2.05, 4.69) is 25.6 Å². The lowest BCUT2D eigenvalue weighted by atomic mass is 10.0. The predicted molar refractivity (Wildman–Crippen MR) is 122 cm³/mol. The molecule has 0 amide bonds. The van der Waals surface area contributed by atoms with Crippen LogP contribution < -0.4 is 5.43 Å². The molecule has 2 aromatic rings. The number of hydrogen-bond donors (Lipinski definition) is 2. The van der Waals surface area contributed by atoms with E-state index in [4.69, 9.17) is 9.94 Å². The SMILES string of the molecule is O=C(O)CN1CCN(CC2CC(c3ccc(C=NNCc4ccccn4)cc3)=NO2)CC1. The Kier molecular flexibility index (Phi) is 7.42. The number of carboxylic acid groups (broad SMARTS) is 1. The van der Waals surface area contributed by atoms with Crippen molar-refractivity contribution in [2.75, 3.05) is 39.3 Å². The van der Waals surface area contributed by atoms with E-state index in [-0.39, 0.29) is 12.6 Å². The van der Waals surface area contributed by atoms with Crippen molar-refractivity contribution >= 4 is 17.9 Å². The molecular formula is C23H28N6O3. The number of hydrogen-bond acceptors (Lipinski definition) is 8. The van der Waals surface area contributed by atoms with Gasteiger partial charge in [-0.3, -0.25) is 19.6 Å². The van der Waals surface area contributed by atoms with Crippen molar-refractivity contribution in [3.05, 3.63) is 65.5 Å². The topological polar surface area (TPSA) is 103 Å². The number of piperazine rings is 1. The summed E-state index contributed by atoms with van der Waals surface area (Å²) < 4.78 is 0. The molecule has 0 radical (unpaired) electrons. The number of aliphatic carboxylic acids is 1. The van der Waals surface area contributed by atoms with E-state index < -0.39 is 5.97 Å². The van der Waals surface area contributed by atoms with Crippen LogP contribution in [0.15, 0.2) is 58.9 Å². The van der Waals surface area contributed by atoms with Gasteiger partial charge in [-0.05, 0) is 23.3 Å². The summed E-state index contributed by atoms with van der Waals surface area (Å²) in [5.74, 6) is -0.770. The van der Waals surface area contributed by atoms with Gasteiger partial charge in [0.25, 0.3) is 0 Å². The number of pyridine rings is 1. The van der Waals surface area contributed by atoms with E-state index in [1.165, 1.54) is 0 Å². The molecule has 3 heterocycles. The average Bonchev–Trinajstić information content (AvgIpc) is 3.27. The van der Waals surface area contributed by atoms with Crippen LogP contribution in [0.1, 0.15) is 23.2 Å². The molecule has 9 heteroatoms. The fraction of sp³-hybridized carbons (Fsp3) is 0.391. The highest BCUT2D eigenvalue weighted by Crippen LogP contribution is 2.18. The molecule has 0 aliphatic carbocycles. The summed E-state index contributed by atoms with van der Waals surface area (Å²) in [6.45, 7) is 4.75. The number of benzene rings is 1. The molecule has 1 atom stereocenters. The number of nitrogens with zero attached hydrogens (tertiary/aromatic N) is 5. The zero-order valence-electron chi connectivity index (χ0n) is 17.9. The summed E-state index contributed by atoms with van der Waals surface area (Å²) in [5, 5.41) is 17.5. The van der Waals surface area contributed by atoms with Crippen molar-refractivity contribution in [3.63, 3.8) is 0 Å². The summed E-state index contributed by atoms with van der Waals surface area (Å²) in [4.78, 5) is 25.0. The predicted octanol–water partition coefficient (Wildman–Crippen LogP) is 1.40. The van der Waals surface area contributed by atoms with Crippen molar-refractivity contribution in [2.24, 2.45) is 10.3 Å². The first-order valence-electron chi connectivity index (χ1n) is 10.8. The zero-order chi connectivity index (χ0) is 22.2. The van der Waals surface area contributed by atoms with Gasteiger partial charge in [0, 0.05) is 45.3 Å². The summed E-state index contributed by atoms with van der Waals surface area (Å²) in [7, 11) is 0. The molecular weight excluding hydrogens is 408 g/mol. The summed E-state index contributed by atoms with van der Waals surface area (Å²) in [6.07, 6.45) is 4.36. The Labute approximate surface area is 187 Å². The maximum Gasteiger partial charge on any atom is 0.317 e. The van der Waals surface area contributed by atoms with Crippen molar-refractivity contribution in [2.45, 2.75) is 19.1 Å². The lowest BCUT2D eigenvalue weighted by Gasteiger charge is -2.34. The molecule has 1 saturated heterocycles. The van der Waals surface area contributed by atoms with Crippen molar-refractivity contribution in [3.8, 4) is 0 Å². The summed E-state index contributed by atoms with van der Waals surface area (Å²) in [5.41, 5.74) is 6.95. The van der Waals surface area contributed by atoms with E-state index in [1.54, 1.807) is 12.4 Å². The van der Waals surface area contributed by atoms with Gasteiger partial charge in [-0.15, -0.1) is 0 Å². The van der Waals surface area contributed by atoms with Crippen LogP contribution in [-0.4, -0.2) is 83.2 Å². The minimum Gasteiger partial charge on any atom is -0.480 e. The molecule has 2 N–H and O–H groups in total. The number of nitrogens with one attached hydrogen (secondary N) is 1. The van der Waals surface area contributed by atoms with E-state index in [0.717, 1.165) is 61.7 Å². The Balaban J connectivity index is 1.20. The minimum atomic E-state index is -0.770. The van der Waals surface area contributed by atoms with Gasteiger partial charge in [-0.1, -0.05) is 35.5 Å². The van der Waals surface area contributed by atoms with Gasteiger partial charge in [0.2, 0.25) is 0 Å². The lowest BCUT2D eigenvalue weighted by Crippen LogP contribution is -2.49. The van der Waals surface area contributed by atoms with Crippen LogP contribution in [0.5, 0.6) is 0 Å². The fourth-order valence-corrected chi connectivity index (χ4v) is 3.82. The molecule has 0 saturated carbocycles. The third-order valence-electron chi connectivity index (χ3n) is 5.55. The number of carbonyl (C=O) groups is 1. The Morgan fingerprint density at radius 2 is 1.94 bits per heavy atom. The number of hydrazone groups is 1. The lowest BCUT2D eigenvalue weighted by molar-refractivity contribution is -0.138. The van der Waals surface area contributed by atoms with Crippen LogP contribution in [0.25, 0.3) is 0 Å². The summed E-state index contributed by atoms with van der Waals surface area (Å²) in [6, 6.07) is 13.9. The third-order valence-corrected chi connectivity index (χ3v) is 5.55. The van der Waals surface area contributed by atoms with Gasteiger partial charge in [-0.2, -0.15) is 5.10 Å². The minimum absolute atomic E-state index is 0.0352. The molecule has 4 rings (SSSR count). The third kappa shape index (κ3) is 6.35. The first kappa shape index (κ1) is 21.9. The van der Waals surface area contributed by atoms with Crippen molar-refractivity contribution in [1.29, 1.82) is 0 Å². The largest absolute Gasteiger partial charge is 0.480 e. The smallest absolute Gasteiger partial charge is 0.317 e. The van der Waals surface area contributed by atoms with Crippen molar-refractivity contribution < 1.29 is 14.7 Å². The molecule has 0 bridgehead atoms. The Bertz CT molecular complexity index is 940. The second-order valence-corrected chi connectivity index (χ2v) is 7.98. The van der Waals surface area contributed by atoms with Crippen LogP contribution in [-0.2, 0) is 16.2 Å². The molecule has 2 aliphatic rings. The van der Waals surface area contributed by atoms with Crippen LogP contribution in [0.3, 0.4) is 0 Å². The van der Waals surface area contributed by atoms with Crippen LogP contribution in [0, 0.1) is 0 Å². The van der Waals surface area contributed by atoms with E-state index in [9.17, 15) is 4.79 Å². The zero-order valence-corrected chi connectivity index (χ0v) is 17.9. The van der Waals surface area contributed by atoms with Gasteiger partial charge in [-0.25, -0.2) is 0 Å². The number of rotatable bonds is 9. The quantitative estimate of drug-likeness (QED) is 0.452. The van der Waals surface area contributed by atoms with E-state index >= 15 is 0 Å². The van der Waals surface area contributed by atoms with Gasteiger partial charge >= 0.3 is 5.97 Å². The first-order chi connectivity index (χ1) is 15.7. The van der Waals surface area contributed by atoms with Crippen LogP contribution >= 0.6 is 0 Å². The maximum absolute atomic E-state index is 10.8. The Morgan fingerprint density at radius 1 is 1.16 bits per heavy atom. The molecule has 2 aliphatic heterocycles. The normalized spacial score (nSPS) is 19.6. The monoisotopic (exact) mass is 436 g/mol. The molecule has 0 spiro atoms. The average molecular weight is 437 g/mol. The Hall–Kier alpha value is -3.30. The molecule has 1 aromatic carbocycles. The number of carboxylic acids is 1. The Morgan fingerprint density at radius 3 is 2.66 bits per heavy atom. The molecule has 1 aromatic heterocycles. The highest BCUT2D eigenvalue weighted by Gasteiger charge is 2.26. The molecule has 1 unspecified atom stereocenters. The highest BCUT2D eigenvalue weighted by atomic mass is 16.6. The molecule has 9 nitrogen and oxygen atoms in total. The second-order valence-electron chi connectivity index (χ2n) is 7.98. The van der Waals surface area contributed by atoms with Gasteiger partial charge in [0.15, 0.2) is 0 Å². The van der Waals surface area contributed by atoms with E-state index in [1.807, 2.05) is 47.4 Å². The van der Waals surface area contributed by atoms with Crippen LogP contribution in [0.4, 0.5) is 0 Å². The van der Waals surface area contributed by atoms with Gasteiger partial charge in [0.1, 0.15) is 6.10 Å². The summed E-state index contributed by atoms with van der Waals surface area (Å²) >= 11 is 0. The second kappa shape index (κ2) is 10.8. The van der Waals surface area contributed by atoms with Crippen LogP contribution in [0.2, 0.25) is 0 Å². The molecule has 168 valence electrons. The highest BCUT2D eigenvalue weighted by molar-refractivity contribution is 6.01. The molecule has 1 fully saturated rings. The fourth-order valence-electron chi connectivity index (χ4n) is 3.82. The van der Waals surface area contributed by atoms with Gasteiger partial charge in [0.05, 0.1) is 30.7 Å². The first-order valence-corrected chi connectivity index (χ1v) is 10.8. The standard InChI is InChI=1S/C23H28N6O3/c30-23(31)17-29-11-9-28(10-12-29)16-21-13-22(27-32-21)19-6-4-18(5-7-19)14-25-26-15-20-3-1-2-8-24-20/h1-8,14,21,26H,9-13,15-17H2,(H,30,31). The number of oxime groups is 1. The van der Waals surface area contributed by atoms with Gasteiger partial charge < -0.3 is 15.4 Å². The maximum atomic E-state index is 10.8. The van der Waals surface area contributed by atoms with E-state index in [0.29, 0.717) is 6.54 Å². The molecule has 32 heavy (non-hydrogen) atoms.